The fraction of sp³-hybridized carbons (Fsp3) is 0.560. The van der Waals surface area contributed by atoms with Crippen LogP contribution in [0.5, 0.6) is 0 Å². The van der Waals surface area contributed by atoms with Gasteiger partial charge in [-0.3, -0.25) is 4.79 Å². The molecule has 0 radical (unpaired) electrons. The molecule has 0 aromatic rings. The molecule has 10 heteroatoms. The van der Waals surface area contributed by atoms with Crippen molar-refractivity contribution in [2.45, 2.75) is 78.3 Å². The van der Waals surface area contributed by atoms with Gasteiger partial charge in [-0.2, -0.15) is 0 Å². The number of hydrogen-bond acceptors (Lipinski definition) is 7. The van der Waals surface area contributed by atoms with E-state index in [0.717, 1.165) is 18.4 Å². The first-order valence-corrected chi connectivity index (χ1v) is 12.8. The van der Waals surface area contributed by atoms with Gasteiger partial charge >= 0.3 is 103 Å². The first-order chi connectivity index (χ1) is 15.4. The van der Waals surface area contributed by atoms with Crippen LogP contribution in [0.15, 0.2) is 58.2 Å². The van der Waals surface area contributed by atoms with Crippen molar-refractivity contribution < 1.29 is 136 Å². The fourth-order valence-electron chi connectivity index (χ4n) is 4.56. The van der Waals surface area contributed by atoms with E-state index in [9.17, 15) is 19.1 Å². The summed E-state index contributed by atoms with van der Waals surface area (Å²) in [6.07, 6.45) is 11.6. The van der Waals surface area contributed by atoms with Crippen LogP contribution in [0.1, 0.15) is 60.3 Å². The Morgan fingerprint density at radius 1 is 1.17 bits per heavy atom. The quantitative estimate of drug-likeness (QED) is 0.200. The first kappa shape index (κ1) is 34.7. The number of Topliss-reactive ketones (excluding diaryl/α,β-unsaturated/α-hetero) is 1. The minimum absolute atomic E-state index is 0. The molecule has 7 nitrogen and oxygen atoms in total. The number of fused-ring (bicyclic) bond motifs is 1. The number of allylic oxidation sites excluding steroid dienone is 4. The van der Waals surface area contributed by atoms with Crippen LogP contribution in [0.4, 0.5) is 0 Å². The zero-order chi connectivity index (χ0) is 24.4. The third-order valence-electron chi connectivity index (χ3n) is 6.10. The maximum Gasteiger partial charge on any atom is 1.00 e. The van der Waals surface area contributed by atoms with E-state index in [1.54, 1.807) is 19.1 Å². The summed E-state index contributed by atoms with van der Waals surface area (Å²) in [6, 6.07) is 0. The number of ether oxygens (including phenoxy) is 2. The predicted molar refractivity (Wildman–Crippen MR) is 122 cm³/mol. The number of carbonyl (C=O) groups is 1. The zero-order valence-corrected chi connectivity index (χ0v) is 29.1. The van der Waals surface area contributed by atoms with Crippen molar-refractivity contribution >= 4 is 13.6 Å². The Bertz CT molecular complexity index is 988. The van der Waals surface area contributed by atoms with Crippen LogP contribution in [0.3, 0.4) is 0 Å². The van der Waals surface area contributed by atoms with Gasteiger partial charge in [0, 0.05) is 12.3 Å². The molecule has 3 rings (SSSR count). The summed E-state index contributed by atoms with van der Waals surface area (Å²) in [6.45, 7) is 9.55. The molecule has 0 bridgehead atoms. The Morgan fingerprint density at radius 3 is 2.49 bits per heavy atom. The van der Waals surface area contributed by atoms with Gasteiger partial charge in [0.25, 0.3) is 0 Å². The number of rotatable bonds is 7. The van der Waals surface area contributed by atoms with Crippen molar-refractivity contribution in [3.05, 3.63) is 58.2 Å². The molecule has 2 aliphatic heterocycles. The summed E-state index contributed by atoms with van der Waals surface area (Å²) in [5, 5.41) is 0. The van der Waals surface area contributed by atoms with Crippen molar-refractivity contribution in [3.8, 4) is 0 Å². The largest absolute Gasteiger partial charge is 1.00 e. The van der Waals surface area contributed by atoms with Crippen LogP contribution in [0, 0.1) is 5.92 Å². The van der Waals surface area contributed by atoms with Gasteiger partial charge in [-0.1, -0.05) is 28.9 Å². The third-order valence-corrected chi connectivity index (χ3v) is 6.54. The predicted octanol–water partition coefficient (Wildman–Crippen LogP) is -2.18. The summed E-state index contributed by atoms with van der Waals surface area (Å²) in [5.41, 5.74) is 4.68. The molecule has 182 valence electrons. The van der Waals surface area contributed by atoms with E-state index in [2.05, 4.69) is 37.4 Å². The molecule has 1 aliphatic carbocycles. The molecule has 4 atom stereocenters. The van der Waals surface area contributed by atoms with Gasteiger partial charge in [-0.15, -0.1) is 0 Å². The van der Waals surface area contributed by atoms with Gasteiger partial charge in [-0.25, -0.2) is 0 Å². The number of ketones is 1. The topological polar surface area (TPSA) is 108 Å². The molecule has 0 aromatic heterocycles. The summed E-state index contributed by atoms with van der Waals surface area (Å²) >= 11 is 0. The van der Waals surface area contributed by atoms with Crippen LogP contribution in [-0.4, -0.2) is 30.4 Å². The molecule has 0 saturated carbocycles. The van der Waals surface area contributed by atoms with Crippen LogP contribution in [-0.2, 0) is 23.4 Å². The SMILES string of the molecule is CC(C)=CCC/C(C)=C/[C@@H]1CC(C)=C[C@]2(C=C(COP(=O)([O-])[O-])[C@H]3CC(=O)C(C)=C[C@H]3O2)O1.[K+].[K+]. The number of phosphoric acid groups is 1. The summed E-state index contributed by atoms with van der Waals surface area (Å²) in [5.74, 6) is -1.67. The van der Waals surface area contributed by atoms with E-state index in [0.29, 0.717) is 17.6 Å². The van der Waals surface area contributed by atoms with E-state index < -0.39 is 32.2 Å². The smallest absolute Gasteiger partial charge is 0.790 e. The average Bonchev–Trinajstić information content (AvgIpc) is 2.66. The maximum atomic E-state index is 12.3. The van der Waals surface area contributed by atoms with Crippen LogP contribution in [0.2, 0.25) is 0 Å². The number of carbonyl (C=O) groups excluding carboxylic acids is 1. The van der Waals surface area contributed by atoms with Crippen LogP contribution >= 0.6 is 7.82 Å². The Hall–Kier alpha value is 1.67. The van der Waals surface area contributed by atoms with Gasteiger partial charge < -0.3 is 28.3 Å². The number of hydrogen-bond donors (Lipinski definition) is 0. The first-order valence-electron chi connectivity index (χ1n) is 11.3. The molecule has 0 N–H and O–H groups in total. The van der Waals surface area contributed by atoms with Gasteiger partial charge in [0.15, 0.2) is 5.78 Å². The monoisotopic (exact) mass is 554 g/mol. The van der Waals surface area contributed by atoms with Crippen molar-refractivity contribution in [2.24, 2.45) is 5.92 Å². The second kappa shape index (κ2) is 14.9. The number of phosphoric ester groups is 1. The van der Waals surface area contributed by atoms with Crippen molar-refractivity contribution in [1.29, 1.82) is 0 Å². The second-order valence-electron chi connectivity index (χ2n) is 9.51. The average molecular weight is 555 g/mol. The molecular weight excluding hydrogens is 521 g/mol. The zero-order valence-electron chi connectivity index (χ0n) is 22.0. The van der Waals surface area contributed by atoms with E-state index >= 15 is 0 Å². The minimum atomic E-state index is -5.17. The molecule has 0 unspecified atom stereocenters. The molecule has 0 amide bonds. The van der Waals surface area contributed by atoms with Crippen molar-refractivity contribution in [2.75, 3.05) is 6.61 Å². The van der Waals surface area contributed by atoms with Crippen LogP contribution < -0.4 is 113 Å². The molecule has 0 fully saturated rings. The third kappa shape index (κ3) is 10.6. The van der Waals surface area contributed by atoms with E-state index in [1.165, 1.54) is 11.1 Å². The summed E-state index contributed by atoms with van der Waals surface area (Å²) in [7, 11) is -5.17. The molecule has 35 heavy (non-hydrogen) atoms. The van der Waals surface area contributed by atoms with Crippen molar-refractivity contribution in [1.82, 2.24) is 0 Å². The van der Waals surface area contributed by atoms with Crippen molar-refractivity contribution in [3.63, 3.8) is 0 Å². The standard InChI is InChI=1S/C25H35O7P.2K/c1-16(2)7-6-8-17(3)9-21-10-18(4)13-25(31-21)14-20(15-30-33(27,28)29)22-12-23(26)19(5)11-24(22)32-25;;/h7,9,11,13-14,21-22,24H,6,8,10,12,15H2,1-5H3,(H2,27,28,29);;/q;2*+1/p-2/b17-9+;;/t21-,22-,24-,25+;;/m1../s1. The fourth-order valence-corrected chi connectivity index (χ4v) is 4.86. The van der Waals surface area contributed by atoms with Gasteiger partial charge in [0.2, 0.25) is 5.79 Å². The Labute approximate surface area is 294 Å². The van der Waals surface area contributed by atoms with E-state index in [4.69, 9.17) is 9.47 Å². The van der Waals surface area contributed by atoms with Gasteiger partial charge in [-0.05, 0) is 83.3 Å². The summed E-state index contributed by atoms with van der Waals surface area (Å²) in [4.78, 5) is 34.6. The minimum Gasteiger partial charge on any atom is -0.790 e. The maximum absolute atomic E-state index is 12.3. The van der Waals surface area contributed by atoms with E-state index in [1.807, 2.05) is 13.0 Å². The molecule has 0 aromatic carbocycles. The van der Waals surface area contributed by atoms with Crippen LogP contribution in [0.25, 0.3) is 0 Å². The molecular formula is C25H33K2O7P. The Morgan fingerprint density at radius 2 is 1.86 bits per heavy atom. The molecule has 1 spiro atoms. The van der Waals surface area contributed by atoms with Gasteiger partial charge in [0.1, 0.15) is 0 Å². The summed E-state index contributed by atoms with van der Waals surface area (Å²) < 4.78 is 28.5. The molecule has 0 saturated heterocycles. The Kier molecular flexibility index (Phi) is 14.8. The van der Waals surface area contributed by atoms with E-state index in [-0.39, 0.29) is 121 Å². The molecule has 3 aliphatic rings. The van der Waals surface area contributed by atoms with Gasteiger partial charge in [0.05, 0.1) is 26.6 Å². The second-order valence-corrected chi connectivity index (χ2v) is 10.7. The normalized spacial score (nSPS) is 28.7. The molecule has 2 heterocycles. The Balaban J connectivity index is 0.00000306.